The fourth-order valence-corrected chi connectivity index (χ4v) is 1.86. The molecule has 17 heavy (non-hydrogen) atoms. The number of hydrogen-bond donors (Lipinski definition) is 1. The first-order valence-electron chi connectivity index (χ1n) is 5.67. The van der Waals surface area contributed by atoms with Crippen LogP contribution in [-0.2, 0) is 6.54 Å². The summed E-state index contributed by atoms with van der Waals surface area (Å²) in [7, 11) is 0. The van der Waals surface area contributed by atoms with Crippen LogP contribution in [0.25, 0.3) is 5.69 Å². The van der Waals surface area contributed by atoms with Crippen molar-refractivity contribution in [3.63, 3.8) is 0 Å². The highest BCUT2D eigenvalue weighted by Gasteiger charge is 2.05. The molecule has 0 saturated carbocycles. The molecule has 0 unspecified atom stereocenters. The first-order valence-corrected chi connectivity index (χ1v) is 6.05. The smallest absolute Gasteiger partial charge is 0.0991 e. The number of nitrogens with one attached hydrogen (secondary N) is 1. The van der Waals surface area contributed by atoms with Gasteiger partial charge in [0.05, 0.1) is 12.0 Å². The first-order chi connectivity index (χ1) is 8.16. The molecule has 0 radical (unpaired) electrons. The van der Waals surface area contributed by atoms with Crippen molar-refractivity contribution in [2.75, 3.05) is 0 Å². The average molecular weight is 250 g/mol. The lowest BCUT2D eigenvalue weighted by atomic mass is 10.1. The van der Waals surface area contributed by atoms with Gasteiger partial charge >= 0.3 is 0 Å². The molecule has 0 atom stereocenters. The van der Waals surface area contributed by atoms with E-state index in [-0.39, 0.29) is 0 Å². The third-order valence-electron chi connectivity index (χ3n) is 2.52. The van der Waals surface area contributed by atoms with Gasteiger partial charge in [-0.15, -0.1) is 0 Å². The molecule has 2 aromatic rings. The van der Waals surface area contributed by atoms with Gasteiger partial charge in [-0.1, -0.05) is 25.4 Å². The molecule has 3 nitrogen and oxygen atoms in total. The molecule has 1 N–H and O–H groups in total. The molecule has 0 saturated heterocycles. The van der Waals surface area contributed by atoms with Crippen molar-refractivity contribution >= 4 is 11.6 Å². The highest BCUT2D eigenvalue weighted by Crippen LogP contribution is 2.19. The van der Waals surface area contributed by atoms with Crippen LogP contribution in [0.1, 0.15) is 19.4 Å². The number of aromatic nitrogens is 2. The van der Waals surface area contributed by atoms with Gasteiger partial charge in [0.15, 0.2) is 0 Å². The number of hydrogen-bond acceptors (Lipinski definition) is 2. The van der Waals surface area contributed by atoms with E-state index in [9.17, 15) is 0 Å². The highest BCUT2D eigenvalue weighted by atomic mass is 35.5. The quantitative estimate of drug-likeness (QED) is 0.903. The standard InChI is InChI=1S/C13H16ClN3/c1-10(2)16-8-11-7-12(14)3-4-13(11)17-6-5-15-9-17/h3-7,9-10,16H,8H2,1-2H3. The molecule has 0 spiro atoms. The van der Waals surface area contributed by atoms with E-state index in [1.54, 1.807) is 12.5 Å². The fraction of sp³-hybridized carbons (Fsp3) is 0.308. The van der Waals surface area contributed by atoms with Crippen LogP contribution in [0, 0.1) is 0 Å². The van der Waals surface area contributed by atoms with E-state index < -0.39 is 0 Å². The van der Waals surface area contributed by atoms with E-state index in [0.29, 0.717) is 6.04 Å². The Balaban J connectivity index is 2.31. The predicted octanol–water partition coefficient (Wildman–Crippen LogP) is 3.02. The second kappa shape index (κ2) is 5.34. The van der Waals surface area contributed by atoms with Gasteiger partial charge in [0.2, 0.25) is 0 Å². The molecule has 90 valence electrons. The maximum absolute atomic E-state index is 6.04. The van der Waals surface area contributed by atoms with Crippen LogP contribution in [-0.4, -0.2) is 15.6 Å². The molecule has 0 aliphatic rings. The average Bonchev–Trinajstić information content (AvgIpc) is 2.80. The minimum absolute atomic E-state index is 0.449. The van der Waals surface area contributed by atoms with Crippen molar-refractivity contribution in [1.82, 2.24) is 14.9 Å². The van der Waals surface area contributed by atoms with E-state index >= 15 is 0 Å². The van der Waals surface area contributed by atoms with Crippen LogP contribution in [0.15, 0.2) is 36.9 Å². The predicted molar refractivity (Wildman–Crippen MR) is 70.5 cm³/mol. The molecule has 2 rings (SSSR count). The van der Waals surface area contributed by atoms with Gasteiger partial charge in [-0.2, -0.15) is 0 Å². The van der Waals surface area contributed by atoms with Crippen LogP contribution >= 0.6 is 11.6 Å². The van der Waals surface area contributed by atoms with Crippen LogP contribution in [0.4, 0.5) is 0 Å². The number of benzene rings is 1. The zero-order valence-corrected chi connectivity index (χ0v) is 10.8. The third kappa shape index (κ3) is 3.08. The molecule has 4 heteroatoms. The highest BCUT2D eigenvalue weighted by molar-refractivity contribution is 6.30. The monoisotopic (exact) mass is 249 g/mol. The number of halogens is 1. The zero-order chi connectivity index (χ0) is 12.3. The Hall–Kier alpha value is -1.32. The normalized spacial score (nSPS) is 11.1. The Bertz CT molecular complexity index is 477. The van der Waals surface area contributed by atoms with Gasteiger partial charge in [-0.05, 0) is 23.8 Å². The summed E-state index contributed by atoms with van der Waals surface area (Å²) in [5.41, 5.74) is 2.28. The molecule has 0 aliphatic heterocycles. The van der Waals surface area contributed by atoms with Gasteiger partial charge in [0.1, 0.15) is 0 Å². The van der Waals surface area contributed by atoms with Crippen molar-refractivity contribution in [1.29, 1.82) is 0 Å². The Labute approximate surface area is 106 Å². The summed E-state index contributed by atoms with van der Waals surface area (Å²) < 4.78 is 1.99. The maximum atomic E-state index is 6.04. The van der Waals surface area contributed by atoms with Gasteiger partial charge in [0, 0.05) is 30.0 Å². The molecule has 1 heterocycles. The van der Waals surface area contributed by atoms with Gasteiger partial charge in [-0.25, -0.2) is 4.98 Å². The Kier molecular flexibility index (Phi) is 3.82. The van der Waals surface area contributed by atoms with Gasteiger partial charge < -0.3 is 9.88 Å². The first kappa shape index (κ1) is 12.1. The van der Waals surface area contributed by atoms with Crippen LogP contribution < -0.4 is 5.32 Å². The summed E-state index contributed by atoms with van der Waals surface area (Å²) in [6.45, 7) is 5.05. The molecular formula is C13H16ClN3. The molecule has 1 aromatic heterocycles. The largest absolute Gasteiger partial charge is 0.310 e. The van der Waals surface area contributed by atoms with Crippen molar-refractivity contribution in [3.05, 3.63) is 47.5 Å². The zero-order valence-electron chi connectivity index (χ0n) is 10.0. The number of rotatable bonds is 4. The van der Waals surface area contributed by atoms with Crippen molar-refractivity contribution in [2.24, 2.45) is 0 Å². The SMILES string of the molecule is CC(C)NCc1cc(Cl)ccc1-n1ccnc1. The summed E-state index contributed by atoms with van der Waals surface area (Å²) in [6.07, 6.45) is 5.50. The summed E-state index contributed by atoms with van der Waals surface area (Å²) in [5.74, 6) is 0. The Morgan fingerprint density at radius 2 is 2.24 bits per heavy atom. The number of imidazole rings is 1. The molecule has 1 aromatic carbocycles. The maximum Gasteiger partial charge on any atom is 0.0991 e. The third-order valence-corrected chi connectivity index (χ3v) is 2.76. The van der Waals surface area contributed by atoms with E-state index in [4.69, 9.17) is 11.6 Å². The van der Waals surface area contributed by atoms with Crippen LogP contribution in [0.3, 0.4) is 0 Å². The van der Waals surface area contributed by atoms with Gasteiger partial charge in [-0.3, -0.25) is 0 Å². The van der Waals surface area contributed by atoms with Crippen molar-refractivity contribution < 1.29 is 0 Å². The second-order valence-corrected chi connectivity index (χ2v) is 4.72. The van der Waals surface area contributed by atoms with Gasteiger partial charge in [0.25, 0.3) is 0 Å². The fourth-order valence-electron chi connectivity index (χ4n) is 1.66. The number of nitrogens with zero attached hydrogens (tertiary/aromatic N) is 2. The Morgan fingerprint density at radius 3 is 2.88 bits per heavy atom. The minimum Gasteiger partial charge on any atom is -0.310 e. The van der Waals surface area contributed by atoms with Crippen LogP contribution in [0.2, 0.25) is 5.02 Å². The molecule has 0 amide bonds. The molecule has 0 bridgehead atoms. The van der Waals surface area contributed by atoms with E-state index in [0.717, 1.165) is 17.3 Å². The van der Waals surface area contributed by atoms with E-state index in [1.807, 2.05) is 29.0 Å². The summed E-state index contributed by atoms with van der Waals surface area (Å²) in [5, 5.41) is 4.16. The lowest BCUT2D eigenvalue weighted by molar-refractivity contribution is 0.587. The van der Waals surface area contributed by atoms with Crippen molar-refractivity contribution in [2.45, 2.75) is 26.4 Å². The topological polar surface area (TPSA) is 29.9 Å². The van der Waals surface area contributed by atoms with E-state index in [2.05, 4.69) is 24.1 Å². The summed E-state index contributed by atoms with van der Waals surface area (Å²) >= 11 is 6.04. The molecule has 0 fully saturated rings. The lowest BCUT2D eigenvalue weighted by Gasteiger charge is -2.13. The second-order valence-electron chi connectivity index (χ2n) is 4.28. The molecular weight excluding hydrogens is 234 g/mol. The van der Waals surface area contributed by atoms with Crippen molar-refractivity contribution in [3.8, 4) is 5.69 Å². The van der Waals surface area contributed by atoms with E-state index in [1.165, 1.54) is 5.56 Å². The Morgan fingerprint density at radius 1 is 1.41 bits per heavy atom. The lowest BCUT2D eigenvalue weighted by Crippen LogP contribution is -2.22. The minimum atomic E-state index is 0.449. The summed E-state index contributed by atoms with van der Waals surface area (Å²) in [6, 6.07) is 6.35. The summed E-state index contributed by atoms with van der Waals surface area (Å²) in [4.78, 5) is 4.07. The van der Waals surface area contributed by atoms with Crippen LogP contribution in [0.5, 0.6) is 0 Å². The molecule has 0 aliphatic carbocycles.